The molecule has 3 aliphatic heterocycles. The lowest BCUT2D eigenvalue weighted by atomic mass is 9.86. The Hall–Kier alpha value is -6.13. The Labute approximate surface area is 445 Å². The van der Waals surface area contributed by atoms with Gasteiger partial charge in [-0.3, -0.25) is 4.90 Å². The second kappa shape index (κ2) is 29.8. The van der Waals surface area contributed by atoms with Crippen molar-refractivity contribution in [2.24, 2.45) is 17.4 Å². The summed E-state index contributed by atoms with van der Waals surface area (Å²) in [6.07, 6.45) is 10.1. The van der Waals surface area contributed by atoms with E-state index in [0.717, 1.165) is 48.1 Å². The quantitative estimate of drug-likeness (QED) is 0.0445. The van der Waals surface area contributed by atoms with Crippen molar-refractivity contribution in [2.45, 2.75) is 118 Å². The summed E-state index contributed by atoms with van der Waals surface area (Å²) in [4.78, 5) is 9.32. The molecule has 410 valence electrons. The molecule has 5 atom stereocenters. The van der Waals surface area contributed by atoms with Crippen molar-refractivity contribution in [2.75, 3.05) is 58.3 Å². The summed E-state index contributed by atoms with van der Waals surface area (Å²) in [6, 6.07) is 20.7. The van der Waals surface area contributed by atoms with Crippen LogP contribution >= 0.6 is 0 Å². The number of hydrogen-bond donors (Lipinski definition) is 6. The number of likely N-dealkylation sites (tertiary alicyclic amines) is 1. The number of rotatable bonds is 15. The summed E-state index contributed by atoms with van der Waals surface area (Å²) < 4.78 is 64.1. The lowest BCUT2D eigenvalue weighted by Crippen LogP contribution is -2.48. The van der Waals surface area contributed by atoms with Crippen molar-refractivity contribution in [1.82, 2.24) is 35.3 Å². The van der Waals surface area contributed by atoms with Crippen LogP contribution in [0.2, 0.25) is 0 Å². The molecule has 15 heteroatoms. The molecule has 2 fully saturated rings. The van der Waals surface area contributed by atoms with Gasteiger partial charge in [-0.15, -0.1) is 0 Å². The van der Waals surface area contributed by atoms with Crippen LogP contribution in [0.4, 0.5) is 23.2 Å². The fourth-order valence-corrected chi connectivity index (χ4v) is 9.61. The summed E-state index contributed by atoms with van der Waals surface area (Å²) in [6.45, 7) is 34.3. The number of imidazole rings is 1. The number of nitrogens with zero attached hydrogens (tertiary/aromatic N) is 4. The Morgan fingerprint density at radius 2 is 1.47 bits per heavy atom. The fraction of sp³-hybridized carbons (Fsp3) is 0.450. The van der Waals surface area contributed by atoms with Gasteiger partial charge in [-0.2, -0.15) is 0 Å². The maximum Gasteiger partial charge on any atom is 0.175 e. The highest BCUT2D eigenvalue weighted by molar-refractivity contribution is 5.53. The Morgan fingerprint density at radius 1 is 0.867 bits per heavy atom. The second-order valence-corrected chi connectivity index (χ2v) is 20.3. The molecule has 3 aliphatic rings. The second-order valence-electron chi connectivity index (χ2n) is 20.3. The molecule has 0 saturated carbocycles. The zero-order chi connectivity index (χ0) is 55.4. The number of anilines is 1. The van der Waals surface area contributed by atoms with Crippen LogP contribution in [0.1, 0.15) is 125 Å². The van der Waals surface area contributed by atoms with Gasteiger partial charge < -0.3 is 46.9 Å². The highest BCUT2D eigenvalue weighted by atomic mass is 19.1. The van der Waals surface area contributed by atoms with Gasteiger partial charge in [0.1, 0.15) is 29.1 Å². The maximum absolute atomic E-state index is 14.9. The van der Waals surface area contributed by atoms with Crippen molar-refractivity contribution in [3.63, 3.8) is 0 Å². The van der Waals surface area contributed by atoms with Crippen molar-refractivity contribution in [1.29, 1.82) is 0 Å². The summed E-state index contributed by atoms with van der Waals surface area (Å²) in [7, 11) is 1.50. The zero-order valence-electron chi connectivity index (χ0n) is 46.4. The van der Waals surface area contributed by atoms with E-state index in [2.05, 4.69) is 159 Å². The van der Waals surface area contributed by atoms with Crippen LogP contribution < -0.4 is 32.7 Å². The van der Waals surface area contributed by atoms with E-state index in [1.54, 1.807) is 12.1 Å². The Balaban J connectivity index is 0.000000286. The van der Waals surface area contributed by atoms with Gasteiger partial charge in [0.2, 0.25) is 0 Å². The molecule has 0 radical (unpaired) electrons. The molecular weight excluding hydrogens is 953 g/mol. The summed E-state index contributed by atoms with van der Waals surface area (Å²) in [5, 5.41) is 13.7. The number of nitrogens with one attached hydrogen (secondary N) is 4. The highest BCUT2D eigenvalue weighted by Gasteiger charge is 2.42. The molecular formula is C60H86F4N10O. The molecule has 0 spiro atoms. The molecule has 3 unspecified atom stereocenters. The maximum atomic E-state index is 14.9. The molecule has 11 nitrogen and oxygen atoms in total. The fourth-order valence-electron chi connectivity index (χ4n) is 9.61. The molecule has 1 aromatic heterocycles. The van der Waals surface area contributed by atoms with Crippen molar-refractivity contribution < 1.29 is 22.3 Å². The molecule has 2 saturated heterocycles. The Morgan fingerprint density at radius 3 is 2.07 bits per heavy atom. The van der Waals surface area contributed by atoms with Gasteiger partial charge in [-0.25, -0.2) is 22.5 Å². The summed E-state index contributed by atoms with van der Waals surface area (Å²) >= 11 is 0. The standard InChI is InChI=1S/C27H35F2N5O.C27H33F2N3.C3H8.C2H5N.CH5N/c1-4-35-12-10-31-26-13-18(2)5-6-20(26)17-34-11-9-32-27(34)33-19(3)23-15-30-16-24(23)22-8-7-21(28)14-25(22)29;1-17(2)21-13-18(3)7-10-25(21)32-12-11-30-26(32)23-16-31(27(4,5)6)15-22(23)20-9-8-19(28)14-24(20)29;1-3-2;1-2-3;1-2/h5-9,11,13-14,23-24,27,30-33H,3-4,10,12,15-17H2,1-2H3;7-14,17,22-23H,15-16H2,1-6H3;3H2,1-2H3;2H,1,3H2;2H2,1H3/t23?,24-,27?;22-,23?;;;/m00.../s1. The van der Waals surface area contributed by atoms with E-state index in [1.165, 1.54) is 54.1 Å². The minimum Gasteiger partial charge on any atom is -0.405 e. The Bertz CT molecular complexity index is 2590. The van der Waals surface area contributed by atoms with Gasteiger partial charge in [0.15, 0.2) is 6.29 Å². The van der Waals surface area contributed by atoms with Crippen molar-refractivity contribution in [3.05, 3.63) is 185 Å². The van der Waals surface area contributed by atoms with Gasteiger partial charge in [0.05, 0.1) is 12.3 Å². The van der Waals surface area contributed by atoms with Crippen molar-refractivity contribution in [3.8, 4) is 5.69 Å². The number of halogens is 4. The van der Waals surface area contributed by atoms with E-state index >= 15 is 0 Å². The van der Waals surface area contributed by atoms with E-state index in [4.69, 9.17) is 9.72 Å². The number of benzene rings is 4. The molecule has 5 aromatic rings. The molecule has 0 bridgehead atoms. The van der Waals surface area contributed by atoms with Gasteiger partial charge in [0.25, 0.3) is 0 Å². The van der Waals surface area contributed by atoms with Crippen LogP contribution in [0.5, 0.6) is 0 Å². The zero-order valence-corrected chi connectivity index (χ0v) is 46.4. The average molecular weight is 1040 g/mol. The lowest BCUT2D eigenvalue weighted by Gasteiger charge is -2.31. The first-order valence-corrected chi connectivity index (χ1v) is 26.3. The molecule has 4 heterocycles. The van der Waals surface area contributed by atoms with Crippen LogP contribution in [0, 0.1) is 43.0 Å². The average Bonchev–Trinajstić information content (AvgIpc) is 4.21. The van der Waals surface area contributed by atoms with E-state index in [9.17, 15) is 17.6 Å². The lowest BCUT2D eigenvalue weighted by molar-refractivity contribution is 0.158. The number of hydrogen-bond acceptors (Lipinski definition) is 10. The molecule has 75 heavy (non-hydrogen) atoms. The first-order chi connectivity index (χ1) is 35.8. The molecule has 4 aromatic carbocycles. The number of aromatic nitrogens is 2. The normalized spacial score (nSPS) is 18.8. The molecule has 0 amide bonds. The predicted molar refractivity (Wildman–Crippen MR) is 302 cm³/mol. The third-order valence-corrected chi connectivity index (χ3v) is 13.3. The van der Waals surface area contributed by atoms with Crippen LogP contribution in [0.3, 0.4) is 0 Å². The molecule has 8 N–H and O–H groups in total. The van der Waals surface area contributed by atoms with E-state index < -0.39 is 23.3 Å². The van der Waals surface area contributed by atoms with Gasteiger partial charge in [-0.05, 0) is 113 Å². The van der Waals surface area contributed by atoms with Gasteiger partial charge in [0, 0.05) is 123 Å². The Kier molecular flexibility index (Phi) is 24.4. The van der Waals surface area contributed by atoms with Gasteiger partial charge in [-0.1, -0.05) is 89.2 Å². The van der Waals surface area contributed by atoms with E-state index in [0.29, 0.717) is 56.4 Å². The summed E-state index contributed by atoms with van der Waals surface area (Å²) in [5.41, 5.74) is 18.0. The van der Waals surface area contributed by atoms with E-state index in [-0.39, 0.29) is 35.5 Å². The van der Waals surface area contributed by atoms with Crippen LogP contribution in [0.15, 0.2) is 123 Å². The largest absolute Gasteiger partial charge is 0.405 e. The summed E-state index contributed by atoms with van der Waals surface area (Å²) in [5.74, 6) is -1.06. The van der Waals surface area contributed by atoms with Crippen molar-refractivity contribution >= 4 is 5.69 Å². The minimum atomic E-state index is -0.564. The SMILES string of the molecule is C=C(NC1NC=CN1Cc1ccc(C)cc1NCCOCC)C1CNC[C@H]1c1ccc(F)cc1F.C=CN.CCC.CN.Cc1ccc(-n2ccnc2C2CN(C(C)(C)C)C[C@H]2c2ccc(F)cc2F)c(C(C)C)c1. The smallest absolute Gasteiger partial charge is 0.175 e. The van der Waals surface area contributed by atoms with Crippen LogP contribution in [0.25, 0.3) is 5.69 Å². The van der Waals surface area contributed by atoms with E-state index in [1.807, 2.05) is 31.7 Å². The third kappa shape index (κ3) is 16.9. The molecule has 0 aliphatic carbocycles. The minimum absolute atomic E-state index is 0.00879. The number of nitrogens with two attached hydrogens (primary N) is 2. The monoisotopic (exact) mass is 1040 g/mol. The number of ether oxygens (including phenoxy) is 1. The first kappa shape index (κ1) is 61.4. The predicted octanol–water partition coefficient (Wildman–Crippen LogP) is 11.6. The number of aryl methyl sites for hydroxylation is 2. The van der Waals surface area contributed by atoms with Crippen LogP contribution in [-0.4, -0.2) is 84.2 Å². The highest BCUT2D eigenvalue weighted by Crippen LogP contribution is 2.43. The topological polar surface area (TPSA) is 134 Å². The van der Waals surface area contributed by atoms with Gasteiger partial charge >= 0.3 is 0 Å². The third-order valence-electron chi connectivity index (χ3n) is 13.3. The van der Waals surface area contributed by atoms with Crippen LogP contribution in [-0.2, 0) is 11.3 Å². The first-order valence-electron chi connectivity index (χ1n) is 26.3. The molecule has 8 rings (SSSR count).